The third-order valence-electron chi connectivity index (χ3n) is 2.97. The summed E-state index contributed by atoms with van der Waals surface area (Å²) in [5, 5.41) is 6.77. The third kappa shape index (κ3) is 2.73. The van der Waals surface area contributed by atoms with E-state index in [9.17, 15) is 4.79 Å². The number of nitrogen functional groups attached to an aromatic ring is 1. The summed E-state index contributed by atoms with van der Waals surface area (Å²) in [6, 6.07) is 5.33. The van der Waals surface area contributed by atoms with Crippen molar-refractivity contribution in [2.75, 3.05) is 12.8 Å². The molecule has 0 aliphatic heterocycles. The quantitative estimate of drug-likeness (QED) is 0.813. The zero-order chi connectivity index (χ0) is 14.0. The Morgan fingerprint density at radius 1 is 1.42 bits per heavy atom. The maximum atomic E-state index is 12.3. The monoisotopic (exact) mass is 259 g/mol. The minimum absolute atomic E-state index is 0.0905. The Morgan fingerprint density at radius 3 is 2.79 bits per heavy atom. The number of hydrogen-bond donors (Lipinski definition) is 2. The summed E-state index contributed by atoms with van der Waals surface area (Å²) in [6.45, 7) is 4.02. The van der Waals surface area contributed by atoms with Crippen molar-refractivity contribution in [3.05, 3.63) is 41.0 Å². The van der Waals surface area contributed by atoms with Gasteiger partial charge in [-0.25, -0.2) is 4.98 Å². The Bertz CT molecular complexity index is 605. The number of amides is 1. The first-order valence-corrected chi connectivity index (χ1v) is 5.97. The molecule has 1 aromatic carbocycles. The average molecular weight is 259 g/mol. The van der Waals surface area contributed by atoms with Gasteiger partial charge in [-0.2, -0.15) is 5.10 Å². The fraction of sp³-hybridized carbons (Fsp3) is 0.308. The van der Waals surface area contributed by atoms with E-state index in [-0.39, 0.29) is 5.91 Å². The molecule has 6 heteroatoms. The fourth-order valence-electron chi connectivity index (χ4n) is 1.83. The first-order chi connectivity index (χ1) is 8.99. The van der Waals surface area contributed by atoms with Crippen LogP contribution in [0, 0.1) is 13.8 Å². The maximum absolute atomic E-state index is 12.3. The number of H-pyrrole nitrogens is 1. The summed E-state index contributed by atoms with van der Waals surface area (Å²) in [4.78, 5) is 18.1. The van der Waals surface area contributed by atoms with Gasteiger partial charge in [0.2, 0.25) is 0 Å². The molecule has 0 spiro atoms. The predicted molar refractivity (Wildman–Crippen MR) is 72.5 cm³/mol. The number of anilines is 1. The molecule has 1 amide bonds. The molecule has 2 rings (SSSR count). The number of carbonyl (C=O) groups excluding carboxylic acids is 1. The van der Waals surface area contributed by atoms with Crippen LogP contribution in [0.4, 0.5) is 5.69 Å². The maximum Gasteiger partial charge on any atom is 0.254 e. The van der Waals surface area contributed by atoms with Gasteiger partial charge in [0.1, 0.15) is 5.82 Å². The second-order valence-electron chi connectivity index (χ2n) is 4.52. The van der Waals surface area contributed by atoms with Crippen LogP contribution in [0.15, 0.2) is 18.2 Å². The van der Waals surface area contributed by atoms with E-state index in [1.54, 1.807) is 30.1 Å². The van der Waals surface area contributed by atoms with Crippen LogP contribution < -0.4 is 5.73 Å². The number of rotatable bonds is 3. The van der Waals surface area contributed by atoms with Gasteiger partial charge in [0.15, 0.2) is 5.82 Å². The molecule has 100 valence electrons. The van der Waals surface area contributed by atoms with Gasteiger partial charge in [0.05, 0.1) is 6.54 Å². The lowest BCUT2D eigenvalue weighted by Gasteiger charge is -2.17. The van der Waals surface area contributed by atoms with Gasteiger partial charge in [0.25, 0.3) is 5.91 Å². The molecule has 0 radical (unpaired) electrons. The van der Waals surface area contributed by atoms with Crippen LogP contribution in [0.5, 0.6) is 0 Å². The van der Waals surface area contributed by atoms with Gasteiger partial charge in [-0.15, -0.1) is 0 Å². The fourth-order valence-corrected chi connectivity index (χ4v) is 1.83. The minimum Gasteiger partial charge on any atom is -0.398 e. The van der Waals surface area contributed by atoms with Crippen molar-refractivity contribution in [1.82, 2.24) is 20.1 Å². The van der Waals surface area contributed by atoms with Crippen LogP contribution >= 0.6 is 0 Å². The zero-order valence-electron chi connectivity index (χ0n) is 11.3. The molecular weight excluding hydrogens is 242 g/mol. The zero-order valence-corrected chi connectivity index (χ0v) is 11.3. The summed E-state index contributed by atoms with van der Waals surface area (Å²) in [5.41, 5.74) is 7.84. The number of carbonyl (C=O) groups is 1. The lowest BCUT2D eigenvalue weighted by Crippen LogP contribution is -2.27. The first kappa shape index (κ1) is 13.1. The molecule has 0 aliphatic carbocycles. The second kappa shape index (κ2) is 5.09. The van der Waals surface area contributed by atoms with Crippen molar-refractivity contribution in [3.8, 4) is 0 Å². The van der Waals surface area contributed by atoms with Crippen molar-refractivity contribution < 1.29 is 4.79 Å². The summed E-state index contributed by atoms with van der Waals surface area (Å²) in [5.74, 6) is 1.23. The van der Waals surface area contributed by atoms with Crippen LogP contribution in [-0.4, -0.2) is 33.0 Å². The summed E-state index contributed by atoms with van der Waals surface area (Å²) in [7, 11) is 1.72. The molecule has 19 heavy (non-hydrogen) atoms. The number of hydrogen-bond acceptors (Lipinski definition) is 4. The molecule has 0 saturated heterocycles. The van der Waals surface area contributed by atoms with E-state index in [4.69, 9.17) is 5.73 Å². The van der Waals surface area contributed by atoms with E-state index in [2.05, 4.69) is 15.2 Å². The number of nitrogens with zero attached hydrogens (tertiary/aromatic N) is 3. The van der Waals surface area contributed by atoms with Crippen LogP contribution in [0.25, 0.3) is 0 Å². The molecule has 0 bridgehead atoms. The largest absolute Gasteiger partial charge is 0.398 e. The highest BCUT2D eigenvalue weighted by Gasteiger charge is 2.16. The van der Waals surface area contributed by atoms with E-state index >= 15 is 0 Å². The molecule has 6 nitrogen and oxygen atoms in total. The number of nitrogens with two attached hydrogens (primary N) is 1. The Hall–Kier alpha value is -2.37. The first-order valence-electron chi connectivity index (χ1n) is 5.97. The average Bonchev–Trinajstić information content (AvgIpc) is 2.77. The van der Waals surface area contributed by atoms with Crippen molar-refractivity contribution >= 4 is 11.6 Å². The molecule has 0 saturated carbocycles. The molecular formula is C13H17N5O. The van der Waals surface area contributed by atoms with E-state index in [1.165, 1.54) is 0 Å². The molecule has 2 aromatic rings. The van der Waals surface area contributed by atoms with Gasteiger partial charge in [-0.3, -0.25) is 9.89 Å². The lowest BCUT2D eigenvalue weighted by atomic mass is 10.1. The smallest absolute Gasteiger partial charge is 0.254 e. The van der Waals surface area contributed by atoms with E-state index in [0.29, 0.717) is 23.6 Å². The second-order valence-corrected chi connectivity index (χ2v) is 4.52. The van der Waals surface area contributed by atoms with Gasteiger partial charge in [-0.1, -0.05) is 6.07 Å². The predicted octanol–water partition coefficient (Wildman–Crippen LogP) is 1.28. The Labute approximate surface area is 111 Å². The van der Waals surface area contributed by atoms with Crippen LogP contribution in [0.2, 0.25) is 0 Å². The molecule has 1 aromatic heterocycles. The molecule has 0 atom stereocenters. The van der Waals surface area contributed by atoms with Gasteiger partial charge < -0.3 is 10.6 Å². The van der Waals surface area contributed by atoms with E-state index < -0.39 is 0 Å². The molecule has 1 heterocycles. The Kier molecular flexibility index (Phi) is 3.50. The highest BCUT2D eigenvalue weighted by Crippen LogP contribution is 2.17. The number of aromatic nitrogens is 3. The molecule has 0 aliphatic rings. The minimum atomic E-state index is -0.0905. The van der Waals surface area contributed by atoms with Crippen molar-refractivity contribution in [3.63, 3.8) is 0 Å². The molecule has 3 N–H and O–H groups in total. The topological polar surface area (TPSA) is 87.9 Å². The molecule has 0 fully saturated rings. The normalized spacial score (nSPS) is 10.5. The number of aryl methyl sites for hydroxylation is 1. The Balaban J connectivity index is 2.17. The van der Waals surface area contributed by atoms with Gasteiger partial charge in [-0.05, 0) is 31.5 Å². The summed E-state index contributed by atoms with van der Waals surface area (Å²) < 4.78 is 0. The van der Waals surface area contributed by atoms with Crippen LogP contribution in [0.3, 0.4) is 0 Å². The van der Waals surface area contributed by atoms with E-state index in [0.717, 1.165) is 11.4 Å². The highest BCUT2D eigenvalue weighted by atomic mass is 16.2. The summed E-state index contributed by atoms with van der Waals surface area (Å²) >= 11 is 0. The van der Waals surface area contributed by atoms with E-state index in [1.807, 2.05) is 13.8 Å². The van der Waals surface area contributed by atoms with Gasteiger partial charge >= 0.3 is 0 Å². The Morgan fingerprint density at radius 2 is 2.16 bits per heavy atom. The standard InChI is InChI=1S/C13H17N5O/c1-8-10(5-4-6-11(8)14)13(19)18(3)7-12-15-9(2)16-17-12/h4-6H,7,14H2,1-3H3,(H,15,16,17). The highest BCUT2D eigenvalue weighted by molar-refractivity contribution is 5.96. The van der Waals surface area contributed by atoms with Crippen molar-refractivity contribution in [1.29, 1.82) is 0 Å². The number of benzene rings is 1. The third-order valence-corrected chi connectivity index (χ3v) is 2.97. The number of nitrogens with one attached hydrogen (secondary N) is 1. The van der Waals surface area contributed by atoms with Crippen molar-refractivity contribution in [2.45, 2.75) is 20.4 Å². The molecule has 0 unspecified atom stereocenters. The SMILES string of the molecule is Cc1nc(CN(C)C(=O)c2cccc(N)c2C)n[nH]1. The number of aromatic amines is 1. The lowest BCUT2D eigenvalue weighted by molar-refractivity contribution is 0.0781. The van der Waals surface area contributed by atoms with Crippen LogP contribution in [0.1, 0.15) is 27.6 Å². The summed E-state index contributed by atoms with van der Waals surface area (Å²) in [6.07, 6.45) is 0. The van der Waals surface area contributed by atoms with Crippen LogP contribution in [-0.2, 0) is 6.54 Å². The van der Waals surface area contributed by atoms with Gasteiger partial charge in [0, 0.05) is 18.3 Å². The van der Waals surface area contributed by atoms with Crippen molar-refractivity contribution in [2.24, 2.45) is 0 Å².